The summed E-state index contributed by atoms with van der Waals surface area (Å²) in [5, 5.41) is 13.5. The van der Waals surface area contributed by atoms with Gasteiger partial charge in [-0.3, -0.25) is 9.69 Å². The normalized spacial score (nSPS) is 27.0. The summed E-state index contributed by atoms with van der Waals surface area (Å²) in [5.41, 5.74) is 1.22. The number of hydrogen-bond donors (Lipinski definition) is 2. The quantitative estimate of drug-likeness (QED) is 0.863. The summed E-state index contributed by atoms with van der Waals surface area (Å²) in [6.45, 7) is 4.09. The van der Waals surface area contributed by atoms with Crippen molar-refractivity contribution in [3.8, 4) is 0 Å². The average Bonchev–Trinajstić information content (AvgIpc) is 2.63. The number of nitrogens with one attached hydrogen (secondary N) is 1. The molecule has 1 aliphatic carbocycles. The summed E-state index contributed by atoms with van der Waals surface area (Å²) >= 11 is 0. The monoisotopic (exact) mass is 344 g/mol. The van der Waals surface area contributed by atoms with E-state index < -0.39 is 0 Å². The zero-order valence-electron chi connectivity index (χ0n) is 15.4. The van der Waals surface area contributed by atoms with Crippen molar-refractivity contribution < 1.29 is 9.90 Å². The van der Waals surface area contributed by atoms with Crippen molar-refractivity contribution in [2.75, 3.05) is 13.1 Å². The number of amides is 1. The van der Waals surface area contributed by atoms with Crippen LogP contribution in [-0.4, -0.2) is 47.2 Å². The predicted octanol–water partition coefficient (Wildman–Crippen LogP) is 3.06. The van der Waals surface area contributed by atoms with E-state index in [1.165, 1.54) is 12.0 Å². The first-order valence-corrected chi connectivity index (χ1v) is 9.90. The molecule has 1 aromatic rings. The van der Waals surface area contributed by atoms with Crippen LogP contribution in [0.5, 0.6) is 0 Å². The van der Waals surface area contributed by atoms with Gasteiger partial charge in [0.1, 0.15) is 0 Å². The molecule has 3 unspecified atom stereocenters. The van der Waals surface area contributed by atoms with Crippen LogP contribution in [0.3, 0.4) is 0 Å². The molecule has 1 aliphatic heterocycles. The molecular formula is C21H32N2O2. The average molecular weight is 344 g/mol. The Morgan fingerprint density at radius 2 is 1.84 bits per heavy atom. The van der Waals surface area contributed by atoms with Crippen molar-refractivity contribution in [1.82, 2.24) is 10.2 Å². The van der Waals surface area contributed by atoms with Crippen molar-refractivity contribution >= 4 is 5.91 Å². The van der Waals surface area contributed by atoms with E-state index >= 15 is 0 Å². The molecule has 138 valence electrons. The number of aliphatic hydroxyl groups is 1. The van der Waals surface area contributed by atoms with Gasteiger partial charge in [0.05, 0.1) is 6.10 Å². The number of hydrogen-bond acceptors (Lipinski definition) is 3. The van der Waals surface area contributed by atoms with Gasteiger partial charge in [0.2, 0.25) is 5.91 Å². The Labute approximate surface area is 151 Å². The van der Waals surface area contributed by atoms with Crippen molar-refractivity contribution in [2.45, 2.75) is 76.0 Å². The van der Waals surface area contributed by atoms with Gasteiger partial charge in [-0.25, -0.2) is 0 Å². The van der Waals surface area contributed by atoms with Crippen molar-refractivity contribution in [1.29, 1.82) is 0 Å². The number of carbonyl (C=O) groups is 1. The molecule has 2 fully saturated rings. The third-order valence-corrected chi connectivity index (χ3v) is 5.92. The summed E-state index contributed by atoms with van der Waals surface area (Å²) < 4.78 is 0. The van der Waals surface area contributed by atoms with Gasteiger partial charge in [-0.15, -0.1) is 0 Å². The van der Waals surface area contributed by atoms with Crippen LogP contribution in [0.1, 0.15) is 63.4 Å². The molecule has 0 radical (unpaired) electrons. The Balaban J connectivity index is 1.42. The molecule has 3 atom stereocenters. The van der Waals surface area contributed by atoms with Crippen LogP contribution in [0.15, 0.2) is 30.3 Å². The summed E-state index contributed by atoms with van der Waals surface area (Å²) in [7, 11) is 0. The number of nitrogens with zero attached hydrogens (tertiary/aromatic N) is 1. The second-order valence-electron chi connectivity index (χ2n) is 7.81. The van der Waals surface area contributed by atoms with Crippen LogP contribution >= 0.6 is 0 Å². The maximum absolute atomic E-state index is 12.4. The van der Waals surface area contributed by atoms with Crippen molar-refractivity contribution in [3.63, 3.8) is 0 Å². The van der Waals surface area contributed by atoms with Gasteiger partial charge in [0.15, 0.2) is 0 Å². The van der Waals surface area contributed by atoms with Crippen LogP contribution in [0.25, 0.3) is 0 Å². The predicted molar refractivity (Wildman–Crippen MR) is 100 cm³/mol. The molecule has 4 nitrogen and oxygen atoms in total. The lowest BCUT2D eigenvalue weighted by Crippen LogP contribution is -2.52. The second-order valence-corrected chi connectivity index (χ2v) is 7.81. The number of benzene rings is 1. The fourth-order valence-corrected chi connectivity index (χ4v) is 4.36. The first-order valence-electron chi connectivity index (χ1n) is 9.90. The molecule has 1 amide bonds. The van der Waals surface area contributed by atoms with E-state index in [-0.39, 0.29) is 24.0 Å². The highest BCUT2D eigenvalue weighted by Gasteiger charge is 2.31. The summed E-state index contributed by atoms with van der Waals surface area (Å²) in [4.78, 5) is 14.8. The first-order chi connectivity index (χ1) is 12.1. The molecule has 1 saturated carbocycles. The summed E-state index contributed by atoms with van der Waals surface area (Å²) in [6, 6.07) is 10.9. The molecule has 0 spiro atoms. The molecule has 1 saturated heterocycles. The zero-order chi connectivity index (χ0) is 17.6. The van der Waals surface area contributed by atoms with E-state index in [2.05, 4.69) is 29.3 Å². The van der Waals surface area contributed by atoms with Crippen LogP contribution in [-0.2, 0) is 4.79 Å². The second kappa shape index (κ2) is 8.81. The molecule has 0 aromatic heterocycles. The number of carbonyl (C=O) groups excluding carboxylic acids is 1. The van der Waals surface area contributed by atoms with E-state index in [4.69, 9.17) is 0 Å². The van der Waals surface area contributed by atoms with E-state index in [0.717, 1.165) is 45.2 Å². The maximum atomic E-state index is 12.4. The SMILES string of the molecule is CC(CC(=O)NC1CCN(C2CCCCC2O)CC1)c1ccccc1. The Morgan fingerprint density at radius 1 is 1.16 bits per heavy atom. The lowest BCUT2D eigenvalue weighted by atomic mass is 9.89. The molecule has 2 N–H and O–H groups in total. The number of rotatable bonds is 5. The summed E-state index contributed by atoms with van der Waals surface area (Å²) in [5.74, 6) is 0.408. The molecule has 1 heterocycles. The third kappa shape index (κ3) is 5.05. The maximum Gasteiger partial charge on any atom is 0.220 e. The minimum Gasteiger partial charge on any atom is -0.391 e. The van der Waals surface area contributed by atoms with Gasteiger partial charge in [-0.2, -0.15) is 0 Å². The van der Waals surface area contributed by atoms with E-state index in [1.807, 2.05) is 18.2 Å². The van der Waals surface area contributed by atoms with E-state index in [1.54, 1.807) is 0 Å². The van der Waals surface area contributed by atoms with Gasteiger partial charge in [0.25, 0.3) is 0 Å². The topological polar surface area (TPSA) is 52.6 Å². The Kier molecular flexibility index (Phi) is 6.49. The highest BCUT2D eigenvalue weighted by molar-refractivity contribution is 5.77. The van der Waals surface area contributed by atoms with Crippen molar-refractivity contribution in [3.05, 3.63) is 35.9 Å². The Bertz CT molecular complexity index is 540. The minimum absolute atomic E-state index is 0.160. The van der Waals surface area contributed by atoms with Gasteiger partial charge >= 0.3 is 0 Å². The van der Waals surface area contributed by atoms with Gasteiger partial charge in [-0.1, -0.05) is 50.1 Å². The summed E-state index contributed by atoms with van der Waals surface area (Å²) in [6.07, 6.45) is 6.83. The molecular weight excluding hydrogens is 312 g/mol. The molecule has 2 aliphatic rings. The molecule has 25 heavy (non-hydrogen) atoms. The number of piperidine rings is 1. The fraction of sp³-hybridized carbons (Fsp3) is 0.667. The van der Waals surface area contributed by atoms with Gasteiger partial charge < -0.3 is 10.4 Å². The first kappa shape index (κ1) is 18.4. The highest BCUT2D eigenvalue weighted by atomic mass is 16.3. The van der Waals surface area contributed by atoms with E-state index in [9.17, 15) is 9.90 Å². The lowest BCUT2D eigenvalue weighted by molar-refractivity contribution is -0.122. The van der Waals surface area contributed by atoms with Crippen LogP contribution in [0, 0.1) is 0 Å². The Morgan fingerprint density at radius 3 is 2.52 bits per heavy atom. The number of aliphatic hydroxyl groups excluding tert-OH is 1. The smallest absolute Gasteiger partial charge is 0.220 e. The Hall–Kier alpha value is -1.39. The number of likely N-dealkylation sites (tertiary alicyclic amines) is 1. The third-order valence-electron chi connectivity index (χ3n) is 5.92. The highest BCUT2D eigenvalue weighted by Crippen LogP contribution is 2.26. The van der Waals surface area contributed by atoms with E-state index in [0.29, 0.717) is 12.5 Å². The molecule has 4 heteroatoms. The zero-order valence-corrected chi connectivity index (χ0v) is 15.4. The molecule has 1 aromatic carbocycles. The largest absolute Gasteiger partial charge is 0.391 e. The standard InChI is InChI=1S/C21H32N2O2/c1-16(17-7-3-2-4-8-17)15-21(25)22-18-11-13-23(14-12-18)19-9-5-6-10-20(19)24/h2-4,7-8,16,18-20,24H,5-6,9-15H2,1H3,(H,22,25). The van der Waals surface area contributed by atoms with Gasteiger partial charge in [0, 0.05) is 31.6 Å². The molecule has 3 rings (SSSR count). The van der Waals surface area contributed by atoms with Crippen LogP contribution in [0.4, 0.5) is 0 Å². The van der Waals surface area contributed by atoms with Crippen LogP contribution < -0.4 is 5.32 Å². The lowest BCUT2D eigenvalue weighted by Gasteiger charge is -2.41. The van der Waals surface area contributed by atoms with Crippen molar-refractivity contribution in [2.24, 2.45) is 0 Å². The minimum atomic E-state index is -0.161. The van der Waals surface area contributed by atoms with Crippen LogP contribution in [0.2, 0.25) is 0 Å². The van der Waals surface area contributed by atoms with Gasteiger partial charge in [-0.05, 0) is 37.2 Å². The fourth-order valence-electron chi connectivity index (χ4n) is 4.36. The molecule has 0 bridgehead atoms.